The molecule has 25 heavy (non-hydrogen) atoms. The van der Waals surface area contributed by atoms with Gasteiger partial charge < -0.3 is 18.8 Å². The highest BCUT2D eigenvalue weighted by Gasteiger charge is 2.48. The molecule has 0 spiro atoms. The number of amides is 1. The molecule has 0 N–H and O–H groups in total. The molecule has 140 valence electrons. The summed E-state index contributed by atoms with van der Waals surface area (Å²) >= 11 is 0. The number of hydrogen-bond donors (Lipinski definition) is 0. The van der Waals surface area contributed by atoms with Crippen LogP contribution in [0.1, 0.15) is 16.3 Å². The maximum Gasteiger partial charge on any atom is 0.289 e. The molecule has 1 amide bonds. The second-order valence-electron chi connectivity index (χ2n) is 6.44. The Labute approximate surface area is 147 Å². The first kappa shape index (κ1) is 18.4. The summed E-state index contributed by atoms with van der Waals surface area (Å²) in [6.45, 7) is 2.58. The van der Waals surface area contributed by atoms with Crippen LogP contribution >= 0.6 is 0 Å². The highest BCUT2D eigenvalue weighted by atomic mass is 32.2. The Morgan fingerprint density at radius 2 is 1.96 bits per heavy atom. The maximum atomic E-state index is 12.8. The SMILES string of the molecule is COCCN1CCN(C(=O)c2ccc(COC)o2)[C@@H]2CS(=O)(=O)C[C@@H]21. The molecule has 2 saturated heterocycles. The minimum atomic E-state index is -3.17. The van der Waals surface area contributed by atoms with Crippen LogP contribution in [0.2, 0.25) is 0 Å². The second-order valence-corrected chi connectivity index (χ2v) is 8.59. The van der Waals surface area contributed by atoms with Crippen molar-refractivity contribution in [2.45, 2.75) is 18.7 Å². The summed E-state index contributed by atoms with van der Waals surface area (Å²) in [5.41, 5.74) is 0. The first-order valence-corrected chi connectivity index (χ1v) is 10.1. The number of ether oxygens (including phenoxy) is 2. The third kappa shape index (κ3) is 3.89. The van der Waals surface area contributed by atoms with E-state index in [-0.39, 0.29) is 35.3 Å². The minimum Gasteiger partial charge on any atom is -0.453 e. The number of furan rings is 1. The fourth-order valence-corrected chi connectivity index (χ4v) is 5.63. The van der Waals surface area contributed by atoms with Gasteiger partial charge in [0.25, 0.3) is 5.91 Å². The van der Waals surface area contributed by atoms with E-state index in [1.165, 1.54) is 0 Å². The number of nitrogens with zero attached hydrogens (tertiary/aromatic N) is 2. The molecule has 3 heterocycles. The molecule has 1 aromatic rings. The fraction of sp³-hybridized carbons (Fsp3) is 0.688. The molecule has 2 aliphatic heterocycles. The molecule has 0 saturated carbocycles. The molecule has 0 aliphatic carbocycles. The number of hydrogen-bond acceptors (Lipinski definition) is 7. The molecule has 2 aliphatic rings. The molecule has 0 aromatic carbocycles. The van der Waals surface area contributed by atoms with Crippen LogP contribution in [0.3, 0.4) is 0 Å². The van der Waals surface area contributed by atoms with Crippen molar-refractivity contribution in [2.24, 2.45) is 0 Å². The lowest BCUT2D eigenvalue weighted by atomic mass is 10.0. The van der Waals surface area contributed by atoms with Crippen LogP contribution in [0, 0.1) is 0 Å². The summed E-state index contributed by atoms with van der Waals surface area (Å²) in [6.07, 6.45) is 0. The fourth-order valence-electron chi connectivity index (χ4n) is 3.62. The normalized spacial score (nSPS) is 25.9. The predicted molar refractivity (Wildman–Crippen MR) is 90.1 cm³/mol. The zero-order chi connectivity index (χ0) is 18.0. The summed E-state index contributed by atoms with van der Waals surface area (Å²) in [5.74, 6) is 0.609. The zero-order valence-electron chi connectivity index (χ0n) is 14.5. The van der Waals surface area contributed by atoms with Crippen LogP contribution in [0.15, 0.2) is 16.5 Å². The number of methoxy groups -OCH3 is 2. The van der Waals surface area contributed by atoms with Crippen LogP contribution in [0.25, 0.3) is 0 Å². The third-order valence-corrected chi connectivity index (χ3v) is 6.49. The van der Waals surface area contributed by atoms with Crippen LogP contribution < -0.4 is 0 Å². The van der Waals surface area contributed by atoms with Crippen molar-refractivity contribution in [3.63, 3.8) is 0 Å². The van der Waals surface area contributed by atoms with E-state index in [2.05, 4.69) is 4.90 Å². The molecule has 0 radical (unpaired) electrons. The Kier molecular flexibility index (Phi) is 5.47. The van der Waals surface area contributed by atoms with Gasteiger partial charge in [-0.1, -0.05) is 0 Å². The molecular formula is C16H24N2O6S. The molecule has 2 fully saturated rings. The first-order valence-electron chi connectivity index (χ1n) is 8.27. The van der Waals surface area contributed by atoms with Crippen molar-refractivity contribution in [3.05, 3.63) is 23.7 Å². The number of piperazine rings is 1. The van der Waals surface area contributed by atoms with Gasteiger partial charge in [0.2, 0.25) is 0 Å². The Hall–Kier alpha value is -1.42. The topological polar surface area (TPSA) is 89.3 Å². The molecular weight excluding hydrogens is 348 g/mol. The van der Waals surface area contributed by atoms with Gasteiger partial charge in [-0.05, 0) is 12.1 Å². The number of fused-ring (bicyclic) bond motifs is 1. The Balaban J connectivity index is 1.78. The number of sulfone groups is 1. The van der Waals surface area contributed by atoms with E-state index in [1.807, 2.05) is 0 Å². The van der Waals surface area contributed by atoms with Crippen LogP contribution in [0.5, 0.6) is 0 Å². The van der Waals surface area contributed by atoms with Crippen molar-refractivity contribution in [3.8, 4) is 0 Å². The summed E-state index contributed by atoms with van der Waals surface area (Å²) in [5, 5.41) is 0. The summed E-state index contributed by atoms with van der Waals surface area (Å²) in [6, 6.07) is 2.78. The van der Waals surface area contributed by atoms with E-state index in [0.29, 0.717) is 38.6 Å². The van der Waals surface area contributed by atoms with E-state index in [0.717, 1.165) is 0 Å². The van der Waals surface area contributed by atoms with Crippen molar-refractivity contribution < 1.29 is 27.1 Å². The van der Waals surface area contributed by atoms with Crippen molar-refractivity contribution >= 4 is 15.7 Å². The quantitative estimate of drug-likeness (QED) is 0.694. The smallest absolute Gasteiger partial charge is 0.289 e. The monoisotopic (exact) mass is 372 g/mol. The van der Waals surface area contributed by atoms with Gasteiger partial charge in [0.05, 0.1) is 24.2 Å². The van der Waals surface area contributed by atoms with Gasteiger partial charge >= 0.3 is 0 Å². The lowest BCUT2D eigenvalue weighted by molar-refractivity contribution is 0.0224. The molecule has 9 heteroatoms. The van der Waals surface area contributed by atoms with Gasteiger partial charge in [0.1, 0.15) is 12.4 Å². The first-order chi connectivity index (χ1) is 11.9. The van der Waals surface area contributed by atoms with Crippen molar-refractivity contribution in [1.29, 1.82) is 0 Å². The van der Waals surface area contributed by atoms with E-state index >= 15 is 0 Å². The number of rotatable bonds is 6. The zero-order valence-corrected chi connectivity index (χ0v) is 15.3. The Morgan fingerprint density at radius 1 is 1.20 bits per heavy atom. The van der Waals surface area contributed by atoms with E-state index in [9.17, 15) is 13.2 Å². The lowest BCUT2D eigenvalue weighted by Gasteiger charge is -2.43. The van der Waals surface area contributed by atoms with Crippen LogP contribution in [-0.4, -0.2) is 88.2 Å². The van der Waals surface area contributed by atoms with Gasteiger partial charge in [-0.15, -0.1) is 0 Å². The van der Waals surface area contributed by atoms with Crippen LogP contribution in [-0.2, 0) is 25.9 Å². The second kappa shape index (κ2) is 7.45. The van der Waals surface area contributed by atoms with Crippen LogP contribution in [0.4, 0.5) is 0 Å². The number of carbonyl (C=O) groups is 1. The molecule has 0 unspecified atom stereocenters. The lowest BCUT2D eigenvalue weighted by Crippen LogP contribution is -2.61. The summed E-state index contributed by atoms with van der Waals surface area (Å²) in [4.78, 5) is 16.6. The number of carbonyl (C=O) groups excluding carboxylic acids is 1. The molecule has 0 bridgehead atoms. The minimum absolute atomic E-state index is 0.00146. The molecule has 8 nitrogen and oxygen atoms in total. The third-order valence-electron chi connectivity index (χ3n) is 4.79. The molecule has 3 rings (SSSR count). The van der Waals surface area contributed by atoms with E-state index in [1.54, 1.807) is 31.3 Å². The van der Waals surface area contributed by atoms with Crippen molar-refractivity contribution in [1.82, 2.24) is 9.80 Å². The average Bonchev–Trinajstić information content (AvgIpc) is 3.15. The maximum absolute atomic E-state index is 12.8. The van der Waals surface area contributed by atoms with Crippen molar-refractivity contribution in [2.75, 3.05) is 52.0 Å². The van der Waals surface area contributed by atoms with Gasteiger partial charge in [-0.25, -0.2) is 8.42 Å². The van der Waals surface area contributed by atoms with Gasteiger partial charge in [0, 0.05) is 39.9 Å². The molecule has 1 aromatic heterocycles. The average molecular weight is 372 g/mol. The van der Waals surface area contributed by atoms with Gasteiger partial charge in [-0.3, -0.25) is 9.69 Å². The summed E-state index contributed by atoms with van der Waals surface area (Å²) in [7, 11) is 0.00919. The van der Waals surface area contributed by atoms with Gasteiger partial charge in [-0.2, -0.15) is 0 Å². The highest BCUT2D eigenvalue weighted by molar-refractivity contribution is 7.91. The Bertz CT molecular complexity index is 716. The highest BCUT2D eigenvalue weighted by Crippen LogP contribution is 2.28. The Morgan fingerprint density at radius 3 is 2.68 bits per heavy atom. The van der Waals surface area contributed by atoms with E-state index in [4.69, 9.17) is 13.9 Å². The van der Waals surface area contributed by atoms with E-state index < -0.39 is 9.84 Å². The molecule has 2 atom stereocenters. The largest absolute Gasteiger partial charge is 0.453 e. The van der Waals surface area contributed by atoms with Gasteiger partial charge in [0.15, 0.2) is 15.6 Å². The predicted octanol–water partition coefficient (Wildman–Crippen LogP) is -0.00420. The standard InChI is InChI=1S/C16H24N2O6S/c1-22-8-7-17-5-6-18(14-11-25(20,21)10-13(14)17)16(19)15-4-3-12(24-15)9-23-2/h3-4,13-14H,5-11H2,1-2H3/t13-,14+/m0/s1. The summed E-state index contributed by atoms with van der Waals surface area (Å²) < 4.78 is 40.0.